The fraction of sp³-hybridized carbons (Fsp3) is 0.429. The van der Waals surface area contributed by atoms with Gasteiger partial charge < -0.3 is 25.8 Å². The maximum atomic E-state index is 11.8. The summed E-state index contributed by atoms with van der Waals surface area (Å²) in [4.78, 5) is 22.8. The molecule has 0 bridgehead atoms. The Morgan fingerprint density at radius 1 is 1.24 bits per heavy atom. The van der Waals surface area contributed by atoms with Gasteiger partial charge in [-0.25, -0.2) is 0 Å². The number of hydrogen-bond donors (Lipinski definition) is 3. The van der Waals surface area contributed by atoms with Crippen LogP contribution in [0.1, 0.15) is 5.56 Å². The lowest BCUT2D eigenvalue weighted by Crippen LogP contribution is -2.36. The minimum absolute atomic E-state index is 0.137. The summed E-state index contributed by atoms with van der Waals surface area (Å²) in [5.74, 6) is -0.173. The monoisotopic (exact) mass is 295 g/mol. The molecule has 1 aromatic carbocycles. The first kappa shape index (κ1) is 16.9. The van der Waals surface area contributed by atoms with Crippen LogP contribution in [0.5, 0.6) is 5.75 Å². The Hall–Kier alpha value is -2.12. The quantitative estimate of drug-likeness (QED) is 0.587. The van der Waals surface area contributed by atoms with Crippen molar-refractivity contribution < 1.29 is 19.1 Å². The van der Waals surface area contributed by atoms with Crippen molar-refractivity contribution in [2.75, 3.05) is 38.7 Å². The molecule has 0 aromatic heterocycles. The summed E-state index contributed by atoms with van der Waals surface area (Å²) >= 11 is 0. The number of carbonyl (C=O) groups excluding carboxylic acids is 2. The van der Waals surface area contributed by atoms with E-state index in [1.807, 2.05) is 19.1 Å². The molecule has 4 N–H and O–H groups in total. The number of aryl methyl sites for hydroxylation is 1. The minimum Gasteiger partial charge on any atom is -0.489 e. The Morgan fingerprint density at radius 2 is 2.00 bits per heavy atom. The van der Waals surface area contributed by atoms with Crippen molar-refractivity contribution in [3.8, 4) is 5.75 Å². The zero-order valence-electron chi connectivity index (χ0n) is 12.3. The molecule has 0 radical (unpaired) electrons. The van der Waals surface area contributed by atoms with Gasteiger partial charge in [0.25, 0.3) is 0 Å². The minimum atomic E-state index is -0.384. The zero-order chi connectivity index (χ0) is 15.7. The van der Waals surface area contributed by atoms with Gasteiger partial charge in [-0.2, -0.15) is 0 Å². The number of methoxy groups -OCH3 is 1. The van der Waals surface area contributed by atoms with Crippen LogP contribution in [0, 0.1) is 6.92 Å². The summed E-state index contributed by atoms with van der Waals surface area (Å²) in [6.45, 7) is 2.47. The first-order chi connectivity index (χ1) is 10.1. The van der Waals surface area contributed by atoms with Crippen LogP contribution in [-0.2, 0) is 14.3 Å². The summed E-state index contributed by atoms with van der Waals surface area (Å²) < 4.78 is 10.5. The standard InChI is InChI=1S/C14H21N3O4/c1-10-3-4-11(12(7-10)21-6-5-20-2)17-14(19)9-16-13(18)8-15/h3-4,7H,5-6,8-9,15H2,1-2H3,(H,16,18)(H,17,19). The van der Waals surface area contributed by atoms with E-state index in [0.717, 1.165) is 5.56 Å². The van der Waals surface area contributed by atoms with Crippen molar-refractivity contribution in [1.29, 1.82) is 0 Å². The lowest BCUT2D eigenvalue weighted by Gasteiger charge is -2.13. The Kier molecular flexibility index (Phi) is 7.20. The van der Waals surface area contributed by atoms with Crippen LogP contribution in [0.2, 0.25) is 0 Å². The summed E-state index contributed by atoms with van der Waals surface area (Å²) in [6.07, 6.45) is 0. The first-order valence-electron chi connectivity index (χ1n) is 6.55. The van der Waals surface area contributed by atoms with Crippen molar-refractivity contribution in [3.05, 3.63) is 23.8 Å². The molecule has 0 fully saturated rings. The predicted octanol–water partition coefficient (Wildman–Crippen LogP) is 0.0336. The van der Waals surface area contributed by atoms with Gasteiger partial charge in [0.15, 0.2) is 0 Å². The number of rotatable bonds is 8. The van der Waals surface area contributed by atoms with Crippen molar-refractivity contribution in [2.45, 2.75) is 6.92 Å². The maximum Gasteiger partial charge on any atom is 0.243 e. The van der Waals surface area contributed by atoms with Gasteiger partial charge >= 0.3 is 0 Å². The third kappa shape index (κ3) is 6.24. The van der Waals surface area contributed by atoms with E-state index in [4.69, 9.17) is 15.2 Å². The molecule has 0 saturated carbocycles. The van der Waals surface area contributed by atoms with Gasteiger partial charge in [-0.1, -0.05) is 6.07 Å². The topological polar surface area (TPSA) is 103 Å². The fourth-order valence-electron chi connectivity index (χ4n) is 1.53. The maximum absolute atomic E-state index is 11.8. The average molecular weight is 295 g/mol. The van der Waals surface area contributed by atoms with Gasteiger partial charge in [0, 0.05) is 7.11 Å². The highest BCUT2D eigenvalue weighted by molar-refractivity contribution is 5.95. The lowest BCUT2D eigenvalue weighted by molar-refractivity contribution is -0.123. The normalized spacial score (nSPS) is 10.0. The highest BCUT2D eigenvalue weighted by Gasteiger charge is 2.09. The van der Waals surface area contributed by atoms with E-state index in [1.54, 1.807) is 13.2 Å². The van der Waals surface area contributed by atoms with Gasteiger partial charge in [0.05, 0.1) is 25.4 Å². The van der Waals surface area contributed by atoms with Gasteiger partial charge in [-0.3, -0.25) is 9.59 Å². The zero-order valence-corrected chi connectivity index (χ0v) is 12.3. The van der Waals surface area contributed by atoms with Crippen LogP contribution in [0.15, 0.2) is 18.2 Å². The second-order valence-corrected chi connectivity index (χ2v) is 4.37. The summed E-state index contributed by atoms with van der Waals surface area (Å²) in [5.41, 5.74) is 6.70. The number of ether oxygens (including phenoxy) is 2. The number of benzene rings is 1. The molecular weight excluding hydrogens is 274 g/mol. The molecule has 0 heterocycles. The van der Waals surface area contributed by atoms with E-state index in [9.17, 15) is 9.59 Å². The van der Waals surface area contributed by atoms with Crippen LogP contribution in [0.4, 0.5) is 5.69 Å². The second-order valence-electron chi connectivity index (χ2n) is 4.37. The summed E-state index contributed by atoms with van der Waals surface area (Å²) in [6, 6.07) is 5.43. The number of carbonyl (C=O) groups is 2. The first-order valence-corrected chi connectivity index (χ1v) is 6.55. The molecule has 7 heteroatoms. The molecule has 21 heavy (non-hydrogen) atoms. The molecule has 1 rings (SSSR count). The van der Waals surface area contributed by atoms with E-state index in [1.165, 1.54) is 0 Å². The SMILES string of the molecule is COCCOc1cc(C)ccc1NC(=O)CNC(=O)CN. The molecule has 7 nitrogen and oxygen atoms in total. The van der Waals surface area contributed by atoms with Crippen LogP contribution < -0.4 is 21.1 Å². The highest BCUT2D eigenvalue weighted by atomic mass is 16.5. The molecule has 0 spiro atoms. The van der Waals surface area contributed by atoms with E-state index in [0.29, 0.717) is 24.7 Å². The molecular formula is C14H21N3O4. The summed E-state index contributed by atoms with van der Waals surface area (Å²) in [7, 11) is 1.59. The average Bonchev–Trinajstić information content (AvgIpc) is 2.47. The van der Waals surface area contributed by atoms with E-state index < -0.39 is 0 Å². The Bertz CT molecular complexity index is 491. The van der Waals surface area contributed by atoms with Gasteiger partial charge in [-0.15, -0.1) is 0 Å². The molecule has 0 aliphatic heterocycles. The Morgan fingerprint density at radius 3 is 2.67 bits per heavy atom. The number of anilines is 1. The molecule has 1 aromatic rings. The lowest BCUT2D eigenvalue weighted by atomic mass is 10.2. The van der Waals surface area contributed by atoms with Crippen molar-refractivity contribution >= 4 is 17.5 Å². The van der Waals surface area contributed by atoms with Crippen LogP contribution in [-0.4, -0.2) is 45.2 Å². The third-order valence-electron chi connectivity index (χ3n) is 2.59. The second kappa shape index (κ2) is 8.93. The fourth-order valence-corrected chi connectivity index (χ4v) is 1.53. The third-order valence-corrected chi connectivity index (χ3v) is 2.59. The van der Waals surface area contributed by atoms with E-state index >= 15 is 0 Å². The van der Waals surface area contributed by atoms with Crippen molar-refractivity contribution in [1.82, 2.24) is 5.32 Å². The number of amides is 2. The van der Waals surface area contributed by atoms with Crippen LogP contribution in [0.3, 0.4) is 0 Å². The van der Waals surface area contributed by atoms with Gasteiger partial charge in [-0.05, 0) is 24.6 Å². The molecule has 2 amide bonds. The molecule has 0 saturated heterocycles. The number of hydrogen-bond acceptors (Lipinski definition) is 5. The number of nitrogens with one attached hydrogen (secondary N) is 2. The largest absolute Gasteiger partial charge is 0.489 e. The Balaban J connectivity index is 2.64. The van der Waals surface area contributed by atoms with Crippen LogP contribution >= 0.6 is 0 Å². The predicted molar refractivity (Wildman–Crippen MR) is 79.2 cm³/mol. The van der Waals surface area contributed by atoms with E-state index in [-0.39, 0.29) is 24.9 Å². The molecule has 0 aliphatic carbocycles. The molecule has 0 unspecified atom stereocenters. The molecule has 0 aliphatic rings. The van der Waals surface area contributed by atoms with E-state index in [2.05, 4.69) is 10.6 Å². The number of nitrogens with two attached hydrogens (primary N) is 1. The Labute approximate surface area is 123 Å². The molecule has 116 valence electrons. The highest BCUT2D eigenvalue weighted by Crippen LogP contribution is 2.25. The van der Waals surface area contributed by atoms with Crippen molar-refractivity contribution in [2.24, 2.45) is 5.73 Å². The summed E-state index contributed by atoms with van der Waals surface area (Å²) in [5, 5.41) is 5.08. The van der Waals surface area contributed by atoms with Crippen LogP contribution in [0.25, 0.3) is 0 Å². The van der Waals surface area contributed by atoms with Crippen molar-refractivity contribution in [3.63, 3.8) is 0 Å². The smallest absolute Gasteiger partial charge is 0.243 e. The van der Waals surface area contributed by atoms with Gasteiger partial charge in [0.2, 0.25) is 11.8 Å². The van der Waals surface area contributed by atoms with Gasteiger partial charge in [0.1, 0.15) is 12.4 Å². The molecule has 0 atom stereocenters.